The number of hydrogen-bond donors (Lipinski definition) is 4. The molecule has 32 heavy (non-hydrogen) atoms. The van der Waals surface area contributed by atoms with Crippen molar-refractivity contribution >= 4 is 32.8 Å². The molecule has 0 spiro atoms. The topological polar surface area (TPSA) is 121 Å². The fourth-order valence-electron chi connectivity index (χ4n) is 4.16. The van der Waals surface area contributed by atoms with Gasteiger partial charge in [0.05, 0.1) is 17.2 Å². The number of fused-ring (bicyclic) bond motifs is 1. The lowest BCUT2D eigenvalue weighted by Gasteiger charge is -2.28. The Kier molecular flexibility index (Phi) is 5.52. The number of aliphatic hydroxyl groups is 1. The normalized spacial score (nSPS) is 21.6. The lowest BCUT2D eigenvalue weighted by Crippen LogP contribution is -2.43. The second-order valence-electron chi connectivity index (χ2n) is 8.76. The van der Waals surface area contributed by atoms with Crippen LogP contribution >= 0.6 is 0 Å². The fourth-order valence-corrected chi connectivity index (χ4v) is 4.83. The third kappa shape index (κ3) is 4.43. The molecule has 0 radical (unpaired) electrons. The van der Waals surface area contributed by atoms with E-state index in [0.29, 0.717) is 36.3 Å². The highest BCUT2D eigenvalue weighted by atomic mass is 32.2. The number of aliphatic hydroxyl groups excluding tert-OH is 1. The van der Waals surface area contributed by atoms with Crippen molar-refractivity contribution in [1.29, 1.82) is 0 Å². The van der Waals surface area contributed by atoms with Crippen molar-refractivity contribution in [2.24, 2.45) is 5.92 Å². The van der Waals surface area contributed by atoms with Crippen molar-refractivity contribution in [2.45, 2.75) is 36.2 Å². The van der Waals surface area contributed by atoms with Crippen LogP contribution in [-0.4, -0.2) is 60.1 Å². The Morgan fingerprint density at radius 2 is 2.09 bits per heavy atom. The van der Waals surface area contributed by atoms with Gasteiger partial charge in [0.15, 0.2) is 15.5 Å². The number of anilines is 3. The molecule has 5 rings (SSSR count). The highest BCUT2D eigenvalue weighted by Gasteiger charge is 2.28. The second kappa shape index (κ2) is 8.34. The van der Waals surface area contributed by atoms with E-state index in [2.05, 4.69) is 21.0 Å². The third-order valence-electron chi connectivity index (χ3n) is 6.19. The number of nitrogens with one attached hydrogen (secondary N) is 3. The van der Waals surface area contributed by atoms with Crippen molar-refractivity contribution in [3.05, 3.63) is 42.1 Å². The number of aromatic nitrogens is 3. The number of rotatable bonds is 7. The van der Waals surface area contributed by atoms with Crippen molar-refractivity contribution in [3.8, 4) is 0 Å². The van der Waals surface area contributed by atoms with Crippen LogP contribution in [0.5, 0.6) is 0 Å². The maximum atomic E-state index is 12.0. The average Bonchev–Trinajstić information content (AvgIpc) is 3.52. The van der Waals surface area contributed by atoms with Gasteiger partial charge in [0.2, 0.25) is 0 Å². The van der Waals surface area contributed by atoms with Gasteiger partial charge in [-0.05, 0) is 49.9 Å². The van der Waals surface area contributed by atoms with Crippen LogP contribution in [0.3, 0.4) is 0 Å². The minimum absolute atomic E-state index is 0.157. The van der Waals surface area contributed by atoms with Crippen LogP contribution in [0.1, 0.15) is 30.7 Å². The minimum atomic E-state index is -3.31. The van der Waals surface area contributed by atoms with Crippen LogP contribution in [-0.2, 0) is 9.84 Å². The van der Waals surface area contributed by atoms with E-state index in [1.54, 1.807) is 22.7 Å². The van der Waals surface area contributed by atoms with Crippen LogP contribution in [0.4, 0.5) is 17.3 Å². The molecule has 0 unspecified atom stereocenters. The van der Waals surface area contributed by atoms with E-state index in [9.17, 15) is 13.5 Å². The smallest absolute Gasteiger partial charge is 0.175 e. The summed E-state index contributed by atoms with van der Waals surface area (Å²) in [4.78, 5) is 5.08. The molecule has 1 aliphatic heterocycles. The Bertz CT molecular complexity index is 1240. The van der Waals surface area contributed by atoms with Gasteiger partial charge in [0, 0.05) is 42.6 Å². The maximum absolute atomic E-state index is 12.0. The summed E-state index contributed by atoms with van der Waals surface area (Å²) in [5.41, 5.74) is 2.58. The van der Waals surface area contributed by atoms with Gasteiger partial charge in [0.25, 0.3) is 0 Å². The quantitative estimate of drug-likeness (QED) is 0.427. The predicted octanol–water partition coefficient (Wildman–Crippen LogP) is 2.14. The zero-order valence-corrected chi connectivity index (χ0v) is 18.8. The Hall–Kier alpha value is -2.69. The molecular weight excluding hydrogens is 428 g/mol. The van der Waals surface area contributed by atoms with E-state index < -0.39 is 9.84 Å². The number of β-amino-alcohol motifs (C(OH)–C–C–N with tert-alkyl or cyclic N) is 1. The van der Waals surface area contributed by atoms with Crippen LogP contribution in [0.25, 0.3) is 5.65 Å². The van der Waals surface area contributed by atoms with E-state index in [0.717, 1.165) is 37.0 Å². The standard InChI is InChI=1S/C22H28N6O3S/c1-32(30,31)17-4-2-3-16(9-17)26-21-10-20(24-11-15-7-8-23-13-19(15)29)27-22-18(14-5-6-14)12-25-28(21)22/h2-4,9-10,12,14-15,19,23,26,29H,5-8,11,13H2,1H3,(H,24,27)/t15-,19+/m0/s1. The highest BCUT2D eigenvalue weighted by molar-refractivity contribution is 7.90. The molecule has 2 fully saturated rings. The van der Waals surface area contributed by atoms with Gasteiger partial charge in [-0.2, -0.15) is 9.61 Å². The number of benzene rings is 1. The van der Waals surface area contributed by atoms with Crippen molar-refractivity contribution in [2.75, 3.05) is 36.5 Å². The first-order valence-electron chi connectivity index (χ1n) is 11.0. The molecule has 9 nitrogen and oxygen atoms in total. The van der Waals surface area contributed by atoms with Gasteiger partial charge in [-0.25, -0.2) is 13.4 Å². The summed E-state index contributed by atoms with van der Waals surface area (Å²) in [6, 6.07) is 8.61. The summed E-state index contributed by atoms with van der Waals surface area (Å²) in [5, 5.41) is 24.7. The van der Waals surface area contributed by atoms with Crippen LogP contribution < -0.4 is 16.0 Å². The Labute approximate surface area is 187 Å². The van der Waals surface area contributed by atoms with Gasteiger partial charge in [-0.15, -0.1) is 0 Å². The van der Waals surface area contributed by atoms with Gasteiger partial charge >= 0.3 is 0 Å². The number of sulfone groups is 1. The summed E-state index contributed by atoms with van der Waals surface area (Å²) >= 11 is 0. The van der Waals surface area contributed by atoms with E-state index in [1.807, 2.05) is 18.3 Å². The monoisotopic (exact) mass is 456 g/mol. The molecule has 3 aromatic rings. The molecule has 1 saturated heterocycles. The van der Waals surface area contributed by atoms with Gasteiger partial charge in [0.1, 0.15) is 11.6 Å². The Morgan fingerprint density at radius 3 is 2.84 bits per heavy atom. The molecule has 0 bridgehead atoms. The molecule has 2 aromatic heterocycles. The minimum Gasteiger partial charge on any atom is -0.391 e. The number of piperidine rings is 1. The van der Waals surface area contributed by atoms with Crippen LogP contribution in [0.15, 0.2) is 41.4 Å². The average molecular weight is 457 g/mol. The first-order valence-corrected chi connectivity index (χ1v) is 12.9. The van der Waals surface area contributed by atoms with Crippen molar-refractivity contribution < 1.29 is 13.5 Å². The molecule has 1 saturated carbocycles. The first kappa shape index (κ1) is 21.2. The summed E-state index contributed by atoms with van der Waals surface area (Å²) in [5.74, 6) is 2.04. The molecule has 2 atom stereocenters. The molecule has 4 N–H and O–H groups in total. The van der Waals surface area contributed by atoms with Gasteiger partial charge < -0.3 is 21.1 Å². The highest BCUT2D eigenvalue weighted by Crippen LogP contribution is 2.42. The molecule has 0 amide bonds. The zero-order valence-electron chi connectivity index (χ0n) is 18.0. The molecule has 3 heterocycles. The van der Waals surface area contributed by atoms with Crippen molar-refractivity contribution in [3.63, 3.8) is 0 Å². The largest absolute Gasteiger partial charge is 0.391 e. The summed E-state index contributed by atoms with van der Waals surface area (Å²) in [6.07, 6.45) is 5.87. The van der Waals surface area contributed by atoms with Crippen LogP contribution in [0, 0.1) is 5.92 Å². The maximum Gasteiger partial charge on any atom is 0.175 e. The van der Waals surface area contributed by atoms with Gasteiger partial charge in [-0.1, -0.05) is 6.07 Å². The molecule has 2 aliphatic rings. The molecule has 1 aromatic carbocycles. The summed E-state index contributed by atoms with van der Waals surface area (Å²) in [7, 11) is -3.31. The fraction of sp³-hybridized carbons (Fsp3) is 0.455. The molecular formula is C22H28N6O3S. The third-order valence-corrected chi connectivity index (χ3v) is 7.30. The number of hydrogen-bond acceptors (Lipinski definition) is 8. The SMILES string of the molecule is CS(=O)(=O)c1cccc(Nc2cc(NC[C@@H]3CCNC[C@H]3O)nc3c(C4CC4)cnn23)c1. The molecule has 170 valence electrons. The second-order valence-corrected chi connectivity index (χ2v) is 10.8. The Balaban J connectivity index is 1.47. The summed E-state index contributed by atoms with van der Waals surface area (Å²) in [6.45, 7) is 2.13. The zero-order chi connectivity index (χ0) is 22.3. The first-order chi connectivity index (χ1) is 15.4. The molecule has 10 heteroatoms. The van der Waals surface area contributed by atoms with Gasteiger partial charge in [-0.3, -0.25) is 0 Å². The van der Waals surface area contributed by atoms with Crippen LogP contribution in [0.2, 0.25) is 0 Å². The lowest BCUT2D eigenvalue weighted by molar-refractivity contribution is 0.0883. The Morgan fingerprint density at radius 1 is 1.25 bits per heavy atom. The van der Waals surface area contributed by atoms with E-state index in [1.165, 1.54) is 6.26 Å². The van der Waals surface area contributed by atoms with E-state index in [4.69, 9.17) is 4.98 Å². The lowest BCUT2D eigenvalue weighted by atomic mass is 9.95. The van der Waals surface area contributed by atoms with E-state index in [-0.39, 0.29) is 16.9 Å². The predicted molar refractivity (Wildman–Crippen MR) is 123 cm³/mol. The molecule has 1 aliphatic carbocycles. The van der Waals surface area contributed by atoms with Crippen molar-refractivity contribution in [1.82, 2.24) is 19.9 Å². The van der Waals surface area contributed by atoms with E-state index >= 15 is 0 Å². The summed E-state index contributed by atoms with van der Waals surface area (Å²) < 4.78 is 25.7. The number of nitrogens with zero attached hydrogens (tertiary/aromatic N) is 3.